The normalized spacial score (nSPS) is 60.1. The number of Topliss-reactive ketones (excluding diaryl/α,β-unsaturated/α-hetero) is 1. The molecule has 168 valence electrons. The molecule has 6 fully saturated rings. The summed E-state index contributed by atoms with van der Waals surface area (Å²) in [7, 11) is 0. The van der Waals surface area contributed by atoms with Crippen LogP contribution < -0.4 is 0 Å². The van der Waals surface area contributed by atoms with Gasteiger partial charge in [-0.05, 0) is 80.5 Å². The highest BCUT2D eigenvalue weighted by Gasteiger charge is 2.71. The van der Waals surface area contributed by atoms with Gasteiger partial charge in [0.1, 0.15) is 5.78 Å². The van der Waals surface area contributed by atoms with Gasteiger partial charge in [0.2, 0.25) is 0 Å². The third kappa shape index (κ3) is 2.42. The van der Waals surface area contributed by atoms with E-state index in [4.69, 9.17) is 9.47 Å². The lowest BCUT2D eigenvalue weighted by atomic mass is 9.44. The van der Waals surface area contributed by atoms with Crippen molar-refractivity contribution in [2.75, 3.05) is 6.61 Å². The number of aliphatic hydroxyl groups excluding tert-OH is 1. The fraction of sp³-hybridized carbons (Fsp3) is 0.962. The Morgan fingerprint density at radius 1 is 1.03 bits per heavy atom. The molecular weight excluding hydrogens is 376 g/mol. The molecule has 0 unspecified atom stereocenters. The van der Waals surface area contributed by atoms with Gasteiger partial charge in [-0.2, -0.15) is 0 Å². The number of rotatable bonds is 0. The molecule has 30 heavy (non-hydrogen) atoms. The molecule has 11 atom stereocenters. The Hall–Kier alpha value is -0.450. The second kappa shape index (κ2) is 6.54. The van der Waals surface area contributed by atoms with E-state index in [0.29, 0.717) is 41.3 Å². The predicted molar refractivity (Wildman–Crippen MR) is 114 cm³/mol. The molecule has 4 nitrogen and oxygen atoms in total. The van der Waals surface area contributed by atoms with E-state index in [0.717, 1.165) is 51.6 Å². The van der Waals surface area contributed by atoms with Gasteiger partial charge >= 0.3 is 0 Å². The molecule has 0 radical (unpaired) electrons. The summed E-state index contributed by atoms with van der Waals surface area (Å²) in [5, 5.41) is 10.3. The number of carbonyl (C=O) groups excluding carboxylic acids is 1. The van der Waals surface area contributed by atoms with Crippen LogP contribution in [0, 0.1) is 46.3 Å². The Labute approximate surface area is 181 Å². The van der Waals surface area contributed by atoms with E-state index in [1.165, 1.54) is 19.3 Å². The second-order valence-corrected chi connectivity index (χ2v) is 12.3. The van der Waals surface area contributed by atoms with Crippen molar-refractivity contribution in [2.24, 2.45) is 46.3 Å². The van der Waals surface area contributed by atoms with E-state index in [1.807, 2.05) is 0 Å². The smallest absolute Gasteiger partial charge is 0.171 e. The molecule has 0 aromatic heterocycles. The summed E-state index contributed by atoms with van der Waals surface area (Å²) in [6.07, 6.45) is 10.6. The van der Waals surface area contributed by atoms with Crippen molar-refractivity contribution in [3.05, 3.63) is 0 Å². The van der Waals surface area contributed by atoms with Crippen molar-refractivity contribution in [1.29, 1.82) is 0 Å². The van der Waals surface area contributed by atoms with Crippen LogP contribution in [0.5, 0.6) is 0 Å². The molecule has 0 bridgehead atoms. The number of aliphatic hydroxyl groups is 1. The number of carbonyl (C=O) groups is 1. The summed E-state index contributed by atoms with van der Waals surface area (Å²) in [4.78, 5) is 13.9. The van der Waals surface area contributed by atoms with Crippen LogP contribution in [0.25, 0.3) is 0 Å². The maximum atomic E-state index is 13.9. The van der Waals surface area contributed by atoms with Gasteiger partial charge in [0.25, 0.3) is 0 Å². The van der Waals surface area contributed by atoms with Gasteiger partial charge in [0.05, 0.1) is 18.8 Å². The van der Waals surface area contributed by atoms with Crippen LogP contribution in [0.4, 0.5) is 0 Å². The van der Waals surface area contributed by atoms with Crippen molar-refractivity contribution < 1.29 is 19.4 Å². The largest absolute Gasteiger partial charge is 0.393 e. The Kier molecular flexibility index (Phi) is 4.40. The lowest BCUT2D eigenvalue weighted by molar-refractivity contribution is -0.264. The quantitative estimate of drug-likeness (QED) is 0.620. The van der Waals surface area contributed by atoms with Gasteiger partial charge < -0.3 is 14.6 Å². The Morgan fingerprint density at radius 3 is 2.63 bits per heavy atom. The van der Waals surface area contributed by atoms with E-state index >= 15 is 0 Å². The molecule has 4 heteroatoms. The first-order valence-electron chi connectivity index (χ1n) is 12.8. The Morgan fingerprint density at radius 2 is 1.87 bits per heavy atom. The molecule has 4 saturated carbocycles. The number of fused-ring (bicyclic) bond motifs is 7. The standard InChI is InChI=1S/C26H40O4/c1-15-23-21(30-26(15)9-4-5-11-29-26)13-20-18-7-6-16-12-17(27)8-10-24(16,2)19(18)14-22(28)25(20,23)3/h15-21,23,27H,4-14H2,1-3H3/t15-,16-,17-,18+,19-,20-,21-,23-,24-,25+,26+/m0/s1. The first-order valence-corrected chi connectivity index (χ1v) is 12.8. The van der Waals surface area contributed by atoms with E-state index < -0.39 is 5.79 Å². The van der Waals surface area contributed by atoms with Crippen LogP contribution in [0.3, 0.4) is 0 Å². The highest BCUT2D eigenvalue weighted by atomic mass is 16.7. The van der Waals surface area contributed by atoms with Crippen LogP contribution in [0.1, 0.15) is 85.0 Å². The minimum absolute atomic E-state index is 0.129. The first-order chi connectivity index (χ1) is 14.3. The van der Waals surface area contributed by atoms with E-state index in [9.17, 15) is 9.90 Å². The topological polar surface area (TPSA) is 55.8 Å². The summed E-state index contributed by atoms with van der Waals surface area (Å²) in [5.74, 6) is 2.90. The van der Waals surface area contributed by atoms with E-state index in [-0.39, 0.29) is 23.0 Å². The zero-order chi connectivity index (χ0) is 20.9. The fourth-order valence-corrected chi connectivity index (χ4v) is 9.83. The number of hydrogen-bond donors (Lipinski definition) is 1. The van der Waals surface area contributed by atoms with Gasteiger partial charge in [-0.25, -0.2) is 0 Å². The lowest BCUT2D eigenvalue weighted by Crippen LogP contribution is -2.58. The molecule has 6 rings (SSSR count). The number of hydrogen-bond acceptors (Lipinski definition) is 4. The molecule has 6 aliphatic rings. The van der Waals surface area contributed by atoms with Crippen molar-refractivity contribution in [3.8, 4) is 0 Å². The fourth-order valence-electron chi connectivity index (χ4n) is 9.83. The molecule has 1 N–H and O–H groups in total. The molecule has 2 heterocycles. The van der Waals surface area contributed by atoms with Crippen molar-refractivity contribution in [2.45, 2.75) is 103 Å². The second-order valence-electron chi connectivity index (χ2n) is 12.3. The lowest BCUT2D eigenvalue weighted by Gasteiger charge is -2.60. The third-order valence-corrected chi connectivity index (χ3v) is 11.4. The van der Waals surface area contributed by atoms with Crippen LogP contribution in [-0.4, -0.2) is 35.5 Å². The minimum atomic E-state index is -0.429. The summed E-state index contributed by atoms with van der Waals surface area (Å²) >= 11 is 0. The summed E-state index contributed by atoms with van der Waals surface area (Å²) in [6, 6.07) is 0. The summed E-state index contributed by atoms with van der Waals surface area (Å²) in [6.45, 7) is 7.87. The van der Waals surface area contributed by atoms with E-state index in [2.05, 4.69) is 20.8 Å². The molecule has 0 aromatic rings. The van der Waals surface area contributed by atoms with Crippen LogP contribution in [0.15, 0.2) is 0 Å². The van der Waals surface area contributed by atoms with Gasteiger partial charge in [0.15, 0.2) is 5.79 Å². The Balaban J connectivity index is 1.32. The molecule has 0 amide bonds. The van der Waals surface area contributed by atoms with Gasteiger partial charge in [-0.3, -0.25) is 4.79 Å². The highest BCUT2D eigenvalue weighted by molar-refractivity contribution is 5.87. The molecule has 1 spiro atoms. The summed E-state index contributed by atoms with van der Waals surface area (Å²) in [5.41, 5.74) is -0.00997. The van der Waals surface area contributed by atoms with E-state index in [1.54, 1.807) is 0 Å². The third-order valence-electron chi connectivity index (χ3n) is 11.4. The molecule has 4 aliphatic carbocycles. The number of ether oxygens (including phenoxy) is 2. The molecule has 2 saturated heterocycles. The highest BCUT2D eigenvalue weighted by Crippen LogP contribution is 2.70. The maximum Gasteiger partial charge on any atom is 0.171 e. The van der Waals surface area contributed by atoms with Gasteiger partial charge in [0, 0.05) is 30.1 Å². The Bertz CT molecular complexity index is 729. The zero-order valence-corrected chi connectivity index (χ0v) is 19.1. The zero-order valence-electron chi connectivity index (χ0n) is 19.1. The first kappa shape index (κ1) is 20.2. The summed E-state index contributed by atoms with van der Waals surface area (Å²) < 4.78 is 13.0. The van der Waals surface area contributed by atoms with Gasteiger partial charge in [-0.15, -0.1) is 0 Å². The average molecular weight is 417 g/mol. The molecule has 0 aromatic carbocycles. The maximum absolute atomic E-state index is 13.9. The van der Waals surface area contributed by atoms with Crippen molar-refractivity contribution >= 4 is 5.78 Å². The van der Waals surface area contributed by atoms with Crippen molar-refractivity contribution in [3.63, 3.8) is 0 Å². The molecule has 2 aliphatic heterocycles. The van der Waals surface area contributed by atoms with Gasteiger partial charge in [-0.1, -0.05) is 20.8 Å². The SMILES string of the molecule is C[C@H]1[C@H]2[C@H](C[C@H]3[C@@H]4CC[C@H]5C[C@@H](O)CC[C@]5(C)[C@H]4CC(=O)[C@]23C)O[C@]12CCCCO2. The average Bonchev–Trinajstić information content (AvgIpc) is 3.16. The predicted octanol–water partition coefficient (Wildman–Crippen LogP) is 4.73. The monoisotopic (exact) mass is 416 g/mol. The minimum Gasteiger partial charge on any atom is -0.393 e. The van der Waals surface area contributed by atoms with Crippen molar-refractivity contribution in [1.82, 2.24) is 0 Å². The van der Waals surface area contributed by atoms with Crippen LogP contribution in [0.2, 0.25) is 0 Å². The number of ketones is 1. The van der Waals surface area contributed by atoms with Crippen LogP contribution >= 0.6 is 0 Å². The van der Waals surface area contributed by atoms with Crippen LogP contribution in [-0.2, 0) is 14.3 Å². The molecular formula is C26H40O4.